The fourth-order valence-electron chi connectivity index (χ4n) is 2.02. The van der Waals surface area contributed by atoms with Crippen molar-refractivity contribution >= 4 is 9.84 Å². The molecule has 0 amide bonds. The van der Waals surface area contributed by atoms with Crippen LogP contribution in [0.15, 0.2) is 12.1 Å². The lowest BCUT2D eigenvalue weighted by atomic mass is 10.1. The molecule has 1 unspecified atom stereocenters. The molecule has 0 aliphatic carbocycles. The molecule has 19 heavy (non-hydrogen) atoms. The second-order valence-corrected chi connectivity index (χ2v) is 7.28. The van der Waals surface area contributed by atoms with Gasteiger partial charge in [-0.3, -0.25) is 16.3 Å². The summed E-state index contributed by atoms with van der Waals surface area (Å²) in [4.78, 5) is 4.45. The maximum atomic E-state index is 11.4. The van der Waals surface area contributed by atoms with Gasteiger partial charge in [0, 0.05) is 11.4 Å². The maximum Gasteiger partial charge on any atom is 0.150 e. The van der Waals surface area contributed by atoms with Crippen LogP contribution in [0.3, 0.4) is 0 Å². The summed E-state index contributed by atoms with van der Waals surface area (Å²) in [6.45, 7) is 5.61. The van der Waals surface area contributed by atoms with E-state index in [1.165, 1.54) is 0 Å². The van der Waals surface area contributed by atoms with Crippen molar-refractivity contribution in [3.63, 3.8) is 0 Å². The monoisotopic (exact) mass is 285 g/mol. The van der Waals surface area contributed by atoms with Crippen LogP contribution in [0.1, 0.15) is 42.8 Å². The van der Waals surface area contributed by atoms with Crippen molar-refractivity contribution < 1.29 is 8.42 Å². The van der Waals surface area contributed by atoms with Crippen LogP contribution >= 0.6 is 0 Å². The average molecular weight is 285 g/mol. The van der Waals surface area contributed by atoms with E-state index in [1.807, 2.05) is 26.0 Å². The van der Waals surface area contributed by atoms with Crippen molar-refractivity contribution in [2.45, 2.75) is 39.7 Å². The summed E-state index contributed by atoms with van der Waals surface area (Å²) in [6.07, 6.45) is 1.24. The number of nitrogens with one attached hydrogen (secondary N) is 1. The lowest BCUT2D eigenvalue weighted by Crippen LogP contribution is -2.29. The first-order valence-corrected chi connectivity index (χ1v) is 8.32. The van der Waals surface area contributed by atoms with Gasteiger partial charge in [0.2, 0.25) is 0 Å². The fraction of sp³-hybridized carbons (Fsp3) is 0.615. The van der Waals surface area contributed by atoms with Crippen LogP contribution in [0.4, 0.5) is 0 Å². The van der Waals surface area contributed by atoms with Crippen LogP contribution < -0.4 is 11.3 Å². The van der Waals surface area contributed by atoms with Gasteiger partial charge in [-0.25, -0.2) is 8.42 Å². The van der Waals surface area contributed by atoms with E-state index >= 15 is 0 Å². The summed E-state index contributed by atoms with van der Waals surface area (Å²) in [7, 11) is -2.91. The van der Waals surface area contributed by atoms with Gasteiger partial charge in [0.1, 0.15) is 9.84 Å². The van der Waals surface area contributed by atoms with Gasteiger partial charge in [0.15, 0.2) is 0 Å². The molecule has 5 nitrogen and oxygen atoms in total. The first kappa shape index (κ1) is 16.1. The van der Waals surface area contributed by atoms with Crippen LogP contribution in [0, 0.1) is 13.8 Å². The van der Waals surface area contributed by atoms with E-state index in [0.29, 0.717) is 12.8 Å². The number of aryl methyl sites for hydroxylation is 2. The molecule has 0 saturated heterocycles. The van der Waals surface area contributed by atoms with Crippen molar-refractivity contribution in [1.29, 1.82) is 0 Å². The smallest absolute Gasteiger partial charge is 0.150 e. The van der Waals surface area contributed by atoms with Gasteiger partial charge in [-0.2, -0.15) is 0 Å². The van der Waals surface area contributed by atoms with Crippen molar-refractivity contribution in [1.82, 2.24) is 10.4 Å². The summed E-state index contributed by atoms with van der Waals surface area (Å²) < 4.78 is 22.9. The van der Waals surface area contributed by atoms with E-state index in [0.717, 1.165) is 17.0 Å². The molecule has 1 rings (SSSR count). The Balaban J connectivity index is 2.68. The van der Waals surface area contributed by atoms with Gasteiger partial charge in [-0.05, 0) is 44.4 Å². The topological polar surface area (TPSA) is 85.1 Å². The number of hydrogen-bond acceptors (Lipinski definition) is 5. The molecule has 108 valence electrons. The second-order valence-electron chi connectivity index (χ2n) is 4.81. The quantitative estimate of drug-likeness (QED) is 0.584. The van der Waals surface area contributed by atoms with Crippen molar-refractivity contribution in [3.05, 3.63) is 29.1 Å². The largest absolute Gasteiger partial charge is 0.271 e. The van der Waals surface area contributed by atoms with Gasteiger partial charge >= 0.3 is 0 Å². The van der Waals surface area contributed by atoms with E-state index in [1.54, 1.807) is 6.92 Å². The first-order chi connectivity index (χ1) is 8.88. The van der Waals surface area contributed by atoms with Crippen LogP contribution in [-0.4, -0.2) is 24.9 Å². The van der Waals surface area contributed by atoms with Crippen LogP contribution in [0.25, 0.3) is 0 Å². The highest BCUT2D eigenvalue weighted by molar-refractivity contribution is 7.91. The Morgan fingerprint density at radius 3 is 2.58 bits per heavy atom. The SMILES string of the molecule is CCS(=O)(=O)CCCC(NN)c1cc(C)cc(C)n1. The molecule has 0 aliphatic heterocycles. The molecule has 0 saturated carbocycles. The normalized spacial score (nSPS) is 13.5. The molecule has 0 aliphatic rings. The molecule has 1 atom stereocenters. The molecule has 6 heteroatoms. The minimum atomic E-state index is -2.91. The van der Waals surface area contributed by atoms with E-state index in [4.69, 9.17) is 5.84 Å². The van der Waals surface area contributed by atoms with Gasteiger partial charge in [0.25, 0.3) is 0 Å². The highest BCUT2D eigenvalue weighted by Crippen LogP contribution is 2.18. The highest BCUT2D eigenvalue weighted by Gasteiger charge is 2.14. The molecule has 0 bridgehead atoms. The zero-order valence-electron chi connectivity index (χ0n) is 11.8. The zero-order valence-corrected chi connectivity index (χ0v) is 12.6. The standard InChI is InChI=1S/C13H23N3O2S/c1-4-19(17,18)7-5-6-12(16-14)13-9-10(2)8-11(3)15-13/h8-9,12,16H,4-7,14H2,1-3H3. The molecule has 3 N–H and O–H groups in total. The Bertz CT molecular complexity index is 494. The third kappa shape index (κ3) is 5.26. The lowest BCUT2D eigenvalue weighted by Gasteiger charge is -2.16. The number of nitrogens with two attached hydrogens (primary N) is 1. The van der Waals surface area contributed by atoms with Gasteiger partial charge in [-0.15, -0.1) is 0 Å². The number of hydrogen-bond donors (Lipinski definition) is 2. The summed E-state index contributed by atoms with van der Waals surface area (Å²) >= 11 is 0. The van der Waals surface area contributed by atoms with Gasteiger partial charge in [-0.1, -0.05) is 6.92 Å². The molecule has 0 fully saturated rings. The molecule has 1 aromatic heterocycles. The number of aromatic nitrogens is 1. The predicted octanol–water partition coefficient (Wildman–Crippen LogP) is 1.42. The lowest BCUT2D eigenvalue weighted by molar-refractivity contribution is 0.495. The Hall–Kier alpha value is -0.980. The van der Waals surface area contributed by atoms with Crippen molar-refractivity contribution in [2.24, 2.45) is 5.84 Å². The number of nitrogens with zero attached hydrogens (tertiary/aromatic N) is 1. The number of pyridine rings is 1. The minimum absolute atomic E-state index is 0.106. The Morgan fingerprint density at radius 2 is 2.05 bits per heavy atom. The molecular formula is C13H23N3O2S. The summed E-state index contributed by atoms with van der Waals surface area (Å²) in [5.41, 5.74) is 5.66. The Labute approximate surface area is 115 Å². The second kappa shape index (κ2) is 6.98. The number of sulfone groups is 1. The fourth-order valence-corrected chi connectivity index (χ4v) is 2.91. The summed E-state index contributed by atoms with van der Waals surface area (Å²) in [5, 5.41) is 0. The predicted molar refractivity (Wildman–Crippen MR) is 77.3 cm³/mol. The zero-order chi connectivity index (χ0) is 14.5. The molecule has 1 aromatic rings. The minimum Gasteiger partial charge on any atom is -0.271 e. The molecule has 1 heterocycles. The van der Waals surface area contributed by atoms with E-state index in [2.05, 4.69) is 10.4 Å². The summed E-state index contributed by atoms with van der Waals surface area (Å²) in [6, 6.07) is 3.87. The van der Waals surface area contributed by atoms with Gasteiger partial charge < -0.3 is 0 Å². The van der Waals surface area contributed by atoms with Crippen molar-refractivity contribution in [2.75, 3.05) is 11.5 Å². The Morgan fingerprint density at radius 1 is 1.37 bits per heavy atom. The summed E-state index contributed by atoms with van der Waals surface area (Å²) in [5.74, 6) is 5.94. The van der Waals surface area contributed by atoms with E-state index in [9.17, 15) is 8.42 Å². The first-order valence-electron chi connectivity index (χ1n) is 6.49. The Kier molecular flexibility index (Phi) is 5.90. The van der Waals surface area contributed by atoms with Gasteiger partial charge in [0.05, 0.1) is 17.5 Å². The molecular weight excluding hydrogens is 262 g/mol. The molecule has 0 radical (unpaired) electrons. The third-order valence-electron chi connectivity index (χ3n) is 3.06. The van der Waals surface area contributed by atoms with E-state index < -0.39 is 9.84 Å². The van der Waals surface area contributed by atoms with Crippen LogP contribution in [0.5, 0.6) is 0 Å². The number of hydrazine groups is 1. The third-order valence-corrected chi connectivity index (χ3v) is 4.85. The molecule has 0 spiro atoms. The number of rotatable bonds is 7. The van der Waals surface area contributed by atoms with Crippen LogP contribution in [0.2, 0.25) is 0 Å². The maximum absolute atomic E-state index is 11.4. The van der Waals surface area contributed by atoms with Crippen LogP contribution in [-0.2, 0) is 9.84 Å². The average Bonchev–Trinajstić information content (AvgIpc) is 2.33. The van der Waals surface area contributed by atoms with Crippen molar-refractivity contribution in [3.8, 4) is 0 Å². The molecule has 0 aromatic carbocycles. The van der Waals surface area contributed by atoms with E-state index in [-0.39, 0.29) is 17.5 Å². The highest BCUT2D eigenvalue weighted by atomic mass is 32.2.